The number of aliphatic hydroxyl groups is 1. The number of carbonyl (C=O) groups excluding carboxylic acids is 2. The first kappa shape index (κ1) is 17.7. The number of aliphatic hydroxyl groups excluding tert-OH is 1. The molecule has 1 saturated heterocycles. The highest BCUT2D eigenvalue weighted by atomic mass is 16.3. The summed E-state index contributed by atoms with van der Waals surface area (Å²) in [6.07, 6.45) is 5.36. The maximum absolute atomic E-state index is 12.9. The van der Waals surface area contributed by atoms with Crippen molar-refractivity contribution < 1.29 is 19.1 Å². The van der Waals surface area contributed by atoms with Gasteiger partial charge in [0, 0.05) is 23.6 Å². The lowest BCUT2D eigenvalue weighted by atomic mass is 9.99. The Hall–Kier alpha value is -3.67. The molecule has 1 amide bonds. The third-order valence-electron chi connectivity index (χ3n) is 4.83. The van der Waals surface area contributed by atoms with E-state index < -0.39 is 17.7 Å². The first-order valence-corrected chi connectivity index (χ1v) is 8.95. The summed E-state index contributed by atoms with van der Waals surface area (Å²) in [7, 11) is 0. The number of carbonyl (C=O) groups is 2. The van der Waals surface area contributed by atoms with E-state index in [0.717, 1.165) is 12.0 Å². The van der Waals surface area contributed by atoms with Gasteiger partial charge >= 0.3 is 0 Å². The van der Waals surface area contributed by atoms with Gasteiger partial charge in [-0.1, -0.05) is 19.1 Å². The number of hydrogen-bond donors (Lipinski definition) is 1. The first-order chi connectivity index (χ1) is 13.6. The zero-order valence-electron chi connectivity index (χ0n) is 15.2. The van der Waals surface area contributed by atoms with E-state index in [1.165, 1.54) is 23.6 Å². The van der Waals surface area contributed by atoms with Gasteiger partial charge in [-0.3, -0.25) is 19.5 Å². The number of pyridine rings is 1. The Morgan fingerprint density at radius 3 is 2.43 bits per heavy atom. The third-order valence-corrected chi connectivity index (χ3v) is 4.83. The molecule has 0 bridgehead atoms. The summed E-state index contributed by atoms with van der Waals surface area (Å²) in [6, 6.07) is 13.1. The van der Waals surface area contributed by atoms with Crippen molar-refractivity contribution in [2.45, 2.75) is 19.4 Å². The van der Waals surface area contributed by atoms with Gasteiger partial charge in [0.1, 0.15) is 17.6 Å². The SMILES string of the molecule is CCc1ccc(N2C(=O)C(=O)/C(=C(\O)c3ccncc3)C2c2ccco2)cc1. The Bertz CT molecular complexity index is 1040. The maximum Gasteiger partial charge on any atom is 0.300 e. The molecule has 1 aliphatic rings. The molecule has 140 valence electrons. The smallest absolute Gasteiger partial charge is 0.300 e. The minimum atomic E-state index is -0.851. The Balaban J connectivity index is 1.89. The van der Waals surface area contributed by atoms with Crippen molar-refractivity contribution in [3.8, 4) is 0 Å². The Morgan fingerprint density at radius 2 is 1.82 bits per heavy atom. The number of aryl methyl sites for hydroxylation is 1. The molecule has 0 spiro atoms. The number of furan rings is 1. The second kappa shape index (κ2) is 7.15. The second-order valence-electron chi connectivity index (χ2n) is 6.44. The fourth-order valence-electron chi connectivity index (χ4n) is 3.37. The van der Waals surface area contributed by atoms with Gasteiger partial charge in [-0.15, -0.1) is 0 Å². The standard InChI is InChI=1S/C22H18N2O4/c1-2-14-5-7-16(8-6-14)24-19(17-4-3-13-28-17)18(21(26)22(24)27)20(25)15-9-11-23-12-10-15/h3-13,19,25H,2H2,1H3/b20-18-. The molecule has 3 heterocycles. The third kappa shape index (κ3) is 2.89. The minimum Gasteiger partial charge on any atom is -0.507 e. The van der Waals surface area contributed by atoms with E-state index >= 15 is 0 Å². The van der Waals surface area contributed by atoms with Crippen LogP contribution in [-0.2, 0) is 16.0 Å². The maximum atomic E-state index is 12.9. The number of ketones is 1. The van der Waals surface area contributed by atoms with Crippen molar-refractivity contribution in [3.05, 3.63) is 89.6 Å². The highest BCUT2D eigenvalue weighted by Gasteiger charge is 2.48. The topological polar surface area (TPSA) is 83.6 Å². The highest BCUT2D eigenvalue weighted by Crippen LogP contribution is 2.42. The summed E-state index contributed by atoms with van der Waals surface area (Å²) in [5, 5.41) is 10.8. The van der Waals surface area contributed by atoms with Crippen LogP contribution in [0.5, 0.6) is 0 Å². The Morgan fingerprint density at radius 1 is 1.11 bits per heavy atom. The van der Waals surface area contributed by atoms with Crippen LogP contribution in [-0.4, -0.2) is 21.8 Å². The summed E-state index contributed by atoms with van der Waals surface area (Å²) in [6.45, 7) is 2.04. The van der Waals surface area contributed by atoms with Gasteiger partial charge in [-0.25, -0.2) is 0 Å². The largest absolute Gasteiger partial charge is 0.507 e. The fraction of sp³-hybridized carbons (Fsp3) is 0.136. The van der Waals surface area contributed by atoms with Gasteiger partial charge in [0.2, 0.25) is 0 Å². The zero-order valence-corrected chi connectivity index (χ0v) is 15.2. The molecule has 6 nitrogen and oxygen atoms in total. The number of aromatic nitrogens is 1. The normalized spacial score (nSPS) is 18.6. The molecule has 0 saturated carbocycles. The van der Waals surface area contributed by atoms with Gasteiger partial charge in [0.15, 0.2) is 0 Å². The zero-order chi connectivity index (χ0) is 19.7. The predicted molar refractivity (Wildman–Crippen MR) is 104 cm³/mol. The van der Waals surface area contributed by atoms with Crippen LogP contribution in [0.1, 0.15) is 29.9 Å². The highest BCUT2D eigenvalue weighted by molar-refractivity contribution is 6.51. The van der Waals surface area contributed by atoms with Crippen LogP contribution >= 0.6 is 0 Å². The number of Topliss-reactive ketones (excluding diaryl/α,β-unsaturated/α-hetero) is 1. The number of rotatable bonds is 4. The number of amides is 1. The molecule has 2 aromatic heterocycles. The summed E-state index contributed by atoms with van der Waals surface area (Å²) < 4.78 is 5.52. The molecule has 6 heteroatoms. The molecule has 1 unspecified atom stereocenters. The Kier molecular flexibility index (Phi) is 4.53. The fourth-order valence-corrected chi connectivity index (χ4v) is 3.37. The number of anilines is 1. The van der Waals surface area contributed by atoms with Crippen LogP contribution < -0.4 is 4.90 Å². The minimum absolute atomic E-state index is 0.00859. The average Bonchev–Trinajstić information content (AvgIpc) is 3.35. The van der Waals surface area contributed by atoms with Crippen molar-refractivity contribution in [2.24, 2.45) is 0 Å². The van der Waals surface area contributed by atoms with E-state index in [9.17, 15) is 14.7 Å². The van der Waals surface area contributed by atoms with E-state index in [-0.39, 0.29) is 11.3 Å². The summed E-state index contributed by atoms with van der Waals surface area (Å²) in [5.41, 5.74) is 2.08. The van der Waals surface area contributed by atoms with Crippen LogP contribution in [0.25, 0.3) is 5.76 Å². The van der Waals surface area contributed by atoms with Gasteiger partial charge in [-0.2, -0.15) is 0 Å². The molecule has 1 aliphatic heterocycles. The van der Waals surface area contributed by atoms with E-state index in [0.29, 0.717) is 17.0 Å². The second-order valence-corrected chi connectivity index (χ2v) is 6.44. The van der Waals surface area contributed by atoms with E-state index in [1.54, 1.807) is 36.4 Å². The number of benzene rings is 1. The van der Waals surface area contributed by atoms with Gasteiger partial charge in [0.25, 0.3) is 11.7 Å². The van der Waals surface area contributed by atoms with Crippen LogP contribution in [0.2, 0.25) is 0 Å². The molecule has 1 fully saturated rings. The summed E-state index contributed by atoms with van der Waals surface area (Å²) in [5.74, 6) is -1.32. The lowest BCUT2D eigenvalue weighted by Crippen LogP contribution is -2.29. The number of nitrogens with zero attached hydrogens (tertiary/aromatic N) is 2. The van der Waals surface area contributed by atoms with Crippen LogP contribution in [0, 0.1) is 0 Å². The molecule has 3 aromatic rings. The van der Waals surface area contributed by atoms with Crippen LogP contribution in [0.15, 0.2) is 77.2 Å². The Labute approximate surface area is 161 Å². The van der Waals surface area contributed by atoms with E-state index in [2.05, 4.69) is 4.98 Å². The van der Waals surface area contributed by atoms with Crippen molar-refractivity contribution in [2.75, 3.05) is 4.90 Å². The van der Waals surface area contributed by atoms with Gasteiger partial charge in [0.05, 0.1) is 11.8 Å². The van der Waals surface area contributed by atoms with Crippen molar-refractivity contribution in [1.82, 2.24) is 4.98 Å². The monoisotopic (exact) mass is 374 g/mol. The molecular formula is C22H18N2O4. The van der Waals surface area contributed by atoms with Gasteiger partial charge < -0.3 is 9.52 Å². The van der Waals surface area contributed by atoms with Crippen LogP contribution in [0.3, 0.4) is 0 Å². The van der Waals surface area contributed by atoms with Gasteiger partial charge in [-0.05, 0) is 48.4 Å². The lowest BCUT2D eigenvalue weighted by molar-refractivity contribution is -0.132. The quantitative estimate of drug-likeness (QED) is 0.426. The molecule has 1 aromatic carbocycles. The molecule has 1 N–H and O–H groups in total. The summed E-state index contributed by atoms with van der Waals surface area (Å²) >= 11 is 0. The van der Waals surface area contributed by atoms with Crippen molar-refractivity contribution in [1.29, 1.82) is 0 Å². The van der Waals surface area contributed by atoms with Crippen molar-refractivity contribution in [3.63, 3.8) is 0 Å². The van der Waals surface area contributed by atoms with Crippen LogP contribution in [0.4, 0.5) is 5.69 Å². The first-order valence-electron chi connectivity index (χ1n) is 8.95. The molecule has 1 atom stereocenters. The number of hydrogen-bond acceptors (Lipinski definition) is 5. The molecule has 0 aliphatic carbocycles. The molecule has 28 heavy (non-hydrogen) atoms. The molecule has 4 rings (SSSR count). The summed E-state index contributed by atoms with van der Waals surface area (Å²) in [4.78, 5) is 31.0. The lowest BCUT2D eigenvalue weighted by Gasteiger charge is -2.23. The predicted octanol–water partition coefficient (Wildman–Crippen LogP) is 3.86. The molecule has 0 radical (unpaired) electrons. The van der Waals surface area contributed by atoms with E-state index in [1.807, 2.05) is 19.1 Å². The van der Waals surface area contributed by atoms with Crippen molar-refractivity contribution >= 4 is 23.1 Å². The average molecular weight is 374 g/mol. The van der Waals surface area contributed by atoms with E-state index in [4.69, 9.17) is 4.42 Å². The molecular weight excluding hydrogens is 356 g/mol.